The molecule has 0 aromatic heterocycles. The number of rotatable bonds is 3. The van der Waals surface area contributed by atoms with Crippen molar-refractivity contribution in [3.05, 3.63) is 27.2 Å². The van der Waals surface area contributed by atoms with Crippen LogP contribution >= 0.6 is 15.9 Å². The molecule has 0 spiro atoms. The number of carbonyl (C=O) groups excluding carboxylic acids is 1. The number of aldehydes is 1. The molecule has 0 amide bonds. The van der Waals surface area contributed by atoms with Gasteiger partial charge in [-0.1, -0.05) is 6.92 Å². The van der Waals surface area contributed by atoms with Crippen LogP contribution in [0.25, 0.3) is 0 Å². The summed E-state index contributed by atoms with van der Waals surface area (Å²) in [6, 6.07) is 1.89. The van der Waals surface area contributed by atoms with Crippen molar-refractivity contribution >= 4 is 22.2 Å². The highest BCUT2D eigenvalue weighted by Gasteiger charge is 2.17. The van der Waals surface area contributed by atoms with Crippen molar-refractivity contribution in [3.8, 4) is 5.75 Å². The molecule has 1 aromatic carbocycles. The van der Waals surface area contributed by atoms with Gasteiger partial charge in [0.25, 0.3) is 0 Å². The quantitative estimate of drug-likeness (QED) is 0.855. The molecule has 2 nitrogen and oxygen atoms in total. The first kappa shape index (κ1) is 12.2. The summed E-state index contributed by atoms with van der Waals surface area (Å²) >= 11 is 3.31. The predicted octanol–water partition coefficient (Wildman–Crippen LogP) is 3.46. The van der Waals surface area contributed by atoms with Crippen LogP contribution in [0.3, 0.4) is 0 Å². The first-order valence-corrected chi connectivity index (χ1v) is 5.70. The first-order chi connectivity index (χ1) is 6.99. The van der Waals surface area contributed by atoms with Crippen LogP contribution in [0.2, 0.25) is 0 Å². The zero-order chi connectivity index (χ0) is 11.6. The van der Waals surface area contributed by atoms with Crippen LogP contribution in [0.15, 0.2) is 10.5 Å². The molecular weight excluding hydrogens is 256 g/mol. The Labute approximate surface area is 98.4 Å². The van der Waals surface area contributed by atoms with Gasteiger partial charge in [-0.25, -0.2) is 0 Å². The minimum Gasteiger partial charge on any atom is -0.506 e. The highest BCUT2D eigenvalue weighted by molar-refractivity contribution is 9.10. The van der Waals surface area contributed by atoms with Crippen molar-refractivity contribution in [2.75, 3.05) is 0 Å². The highest BCUT2D eigenvalue weighted by Crippen LogP contribution is 2.38. The lowest BCUT2D eigenvalue weighted by Gasteiger charge is -2.17. The van der Waals surface area contributed by atoms with Crippen LogP contribution in [-0.2, 0) is 4.79 Å². The Hall–Kier alpha value is -0.830. The SMILES string of the molecule is Cc1cc(Br)c(O)c(C(C)CC=O)c1C. The van der Waals surface area contributed by atoms with E-state index in [2.05, 4.69) is 15.9 Å². The second-order valence-electron chi connectivity index (χ2n) is 3.87. The van der Waals surface area contributed by atoms with E-state index in [1.807, 2.05) is 26.8 Å². The lowest BCUT2D eigenvalue weighted by molar-refractivity contribution is -0.108. The molecule has 1 N–H and O–H groups in total. The van der Waals surface area contributed by atoms with Gasteiger partial charge in [0.05, 0.1) is 4.47 Å². The van der Waals surface area contributed by atoms with Gasteiger partial charge in [0, 0.05) is 12.0 Å². The Kier molecular flexibility index (Phi) is 3.91. The molecule has 0 bridgehead atoms. The maximum absolute atomic E-state index is 10.5. The van der Waals surface area contributed by atoms with Crippen molar-refractivity contribution in [2.45, 2.75) is 33.1 Å². The molecule has 0 saturated carbocycles. The number of benzene rings is 1. The molecule has 1 rings (SSSR count). The second kappa shape index (κ2) is 4.79. The van der Waals surface area contributed by atoms with Gasteiger partial charge in [0.1, 0.15) is 12.0 Å². The van der Waals surface area contributed by atoms with E-state index in [9.17, 15) is 9.90 Å². The van der Waals surface area contributed by atoms with E-state index in [0.717, 1.165) is 23.0 Å². The molecule has 1 atom stereocenters. The van der Waals surface area contributed by atoms with Crippen molar-refractivity contribution in [1.82, 2.24) is 0 Å². The number of aromatic hydroxyl groups is 1. The van der Waals surface area contributed by atoms with E-state index in [1.165, 1.54) is 0 Å². The topological polar surface area (TPSA) is 37.3 Å². The van der Waals surface area contributed by atoms with Gasteiger partial charge in [-0.15, -0.1) is 0 Å². The molecule has 0 heterocycles. The third-order valence-electron chi connectivity index (χ3n) is 2.76. The molecule has 0 aliphatic heterocycles. The van der Waals surface area contributed by atoms with E-state index in [4.69, 9.17) is 0 Å². The zero-order valence-electron chi connectivity index (χ0n) is 9.17. The van der Waals surface area contributed by atoms with Crippen LogP contribution in [0.4, 0.5) is 0 Å². The van der Waals surface area contributed by atoms with E-state index in [-0.39, 0.29) is 11.7 Å². The van der Waals surface area contributed by atoms with Crippen LogP contribution in [0.1, 0.15) is 36.0 Å². The van der Waals surface area contributed by atoms with Crippen LogP contribution in [0.5, 0.6) is 5.75 Å². The van der Waals surface area contributed by atoms with E-state index < -0.39 is 0 Å². The summed E-state index contributed by atoms with van der Waals surface area (Å²) in [6.07, 6.45) is 1.32. The number of hydrogen-bond acceptors (Lipinski definition) is 2. The lowest BCUT2D eigenvalue weighted by Crippen LogP contribution is -2.00. The molecule has 1 unspecified atom stereocenters. The highest BCUT2D eigenvalue weighted by atomic mass is 79.9. The Balaban J connectivity index is 3.31. The average molecular weight is 271 g/mol. The largest absolute Gasteiger partial charge is 0.506 e. The molecule has 15 heavy (non-hydrogen) atoms. The fourth-order valence-electron chi connectivity index (χ4n) is 1.75. The Morgan fingerprint density at radius 1 is 1.53 bits per heavy atom. The van der Waals surface area contributed by atoms with Gasteiger partial charge in [0.15, 0.2) is 0 Å². The molecule has 0 radical (unpaired) electrons. The molecule has 0 saturated heterocycles. The fourth-order valence-corrected chi connectivity index (χ4v) is 2.31. The Morgan fingerprint density at radius 3 is 2.67 bits per heavy atom. The Morgan fingerprint density at radius 2 is 2.13 bits per heavy atom. The van der Waals surface area contributed by atoms with Crippen molar-refractivity contribution < 1.29 is 9.90 Å². The molecule has 3 heteroatoms. The minimum atomic E-state index is 0.0544. The van der Waals surface area contributed by atoms with E-state index >= 15 is 0 Å². The number of carbonyl (C=O) groups is 1. The summed E-state index contributed by atoms with van der Waals surface area (Å²) in [5.74, 6) is 0.311. The van der Waals surface area contributed by atoms with Gasteiger partial charge < -0.3 is 9.90 Å². The van der Waals surface area contributed by atoms with Gasteiger partial charge in [-0.05, 0) is 52.9 Å². The predicted molar refractivity (Wildman–Crippen MR) is 64.4 cm³/mol. The van der Waals surface area contributed by atoms with Gasteiger partial charge in [-0.2, -0.15) is 0 Å². The van der Waals surface area contributed by atoms with Gasteiger partial charge in [-0.3, -0.25) is 0 Å². The van der Waals surface area contributed by atoms with Crippen molar-refractivity contribution in [2.24, 2.45) is 0 Å². The fraction of sp³-hybridized carbons (Fsp3) is 0.417. The standard InChI is InChI=1S/C12H15BrO2/c1-7(4-5-14)11-9(3)8(2)6-10(13)12(11)15/h5-7,15H,4H2,1-3H3. The van der Waals surface area contributed by atoms with Crippen LogP contribution < -0.4 is 0 Å². The maximum Gasteiger partial charge on any atom is 0.133 e. The summed E-state index contributed by atoms with van der Waals surface area (Å²) in [5, 5.41) is 9.94. The van der Waals surface area contributed by atoms with Crippen molar-refractivity contribution in [1.29, 1.82) is 0 Å². The molecule has 82 valence electrons. The number of phenolic OH excluding ortho intramolecular Hbond substituents is 1. The summed E-state index contributed by atoms with van der Waals surface area (Å²) in [6.45, 7) is 5.91. The third-order valence-corrected chi connectivity index (χ3v) is 3.37. The normalized spacial score (nSPS) is 12.5. The zero-order valence-corrected chi connectivity index (χ0v) is 10.8. The monoisotopic (exact) mass is 270 g/mol. The summed E-state index contributed by atoms with van der Waals surface area (Å²) in [5.41, 5.74) is 3.05. The summed E-state index contributed by atoms with van der Waals surface area (Å²) in [7, 11) is 0. The maximum atomic E-state index is 10.5. The summed E-state index contributed by atoms with van der Waals surface area (Å²) < 4.78 is 0.693. The van der Waals surface area contributed by atoms with E-state index in [1.54, 1.807) is 0 Å². The second-order valence-corrected chi connectivity index (χ2v) is 4.72. The third kappa shape index (κ3) is 2.40. The molecule has 0 aliphatic carbocycles. The van der Waals surface area contributed by atoms with E-state index in [0.29, 0.717) is 10.9 Å². The lowest BCUT2D eigenvalue weighted by atomic mass is 9.91. The van der Waals surface area contributed by atoms with Gasteiger partial charge in [0.2, 0.25) is 0 Å². The molecular formula is C12H15BrO2. The molecule has 0 fully saturated rings. The number of aryl methyl sites for hydroxylation is 1. The first-order valence-electron chi connectivity index (χ1n) is 4.91. The van der Waals surface area contributed by atoms with Gasteiger partial charge >= 0.3 is 0 Å². The van der Waals surface area contributed by atoms with Crippen molar-refractivity contribution in [3.63, 3.8) is 0 Å². The average Bonchev–Trinajstić information content (AvgIpc) is 2.16. The molecule has 1 aromatic rings. The number of halogens is 1. The number of phenols is 1. The smallest absolute Gasteiger partial charge is 0.133 e. The summed E-state index contributed by atoms with van der Waals surface area (Å²) in [4.78, 5) is 10.5. The minimum absolute atomic E-state index is 0.0544. The van der Waals surface area contributed by atoms with Crippen LogP contribution in [0, 0.1) is 13.8 Å². The molecule has 0 aliphatic rings. The Bertz CT molecular complexity index is 359. The number of hydrogen-bond donors (Lipinski definition) is 1. The van der Waals surface area contributed by atoms with Crippen LogP contribution in [-0.4, -0.2) is 11.4 Å².